The minimum Gasteiger partial charge on any atom is -0.310 e. The summed E-state index contributed by atoms with van der Waals surface area (Å²) in [7, 11) is 0. The van der Waals surface area contributed by atoms with Gasteiger partial charge in [0.1, 0.15) is 0 Å². The van der Waals surface area contributed by atoms with Gasteiger partial charge in [0.05, 0.1) is 16.6 Å². The average Bonchev–Trinajstić information content (AvgIpc) is 3.94. The Hall–Kier alpha value is -8.92. The lowest BCUT2D eigenvalue weighted by Gasteiger charge is -2.35. The summed E-state index contributed by atoms with van der Waals surface area (Å²) in [6.45, 7) is -0.0656. The van der Waals surface area contributed by atoms with Crippen LogP contribution in [0.3, 0.4) is 0 Å². The van der Waals surface area contributed by atoms with Gasteiger partial charge in [-0.15, -0.1) is 0 Å². The van der Waals surface area contributed by atoms with Crippen molar-refractivity contribution in [3.8, 4) is 33.6 Å². The number of rotatable bonds is 2. The van der Waals surface area contributed by atoms with E-state index in [1.165, 1.54) is 158 Å². The maximum absolute atomic E-state index is 2.71. The Morgan fingerprint density at radius 1 is 0.246 bits per heavy atom. The monoisotopic (exact) mass is 868 g/mol. The highest BCUT2D eigenvalue weighted by Crippen LogP contribution is 2.48. The van der Waals surface area contributed by atoms with Crippen molar-refractivity contribution in [1.82, 2.24) is 9.13 Å². The summed E-state index contributed by atoms with van der Waals surface area (Å²) in [5.41, 5.74) is 16.7. The molecule has 0 spiro atoms. The number of hydrogen-bond acceptors (Lipinski definition) is 0. The Bertz CT molecular complexity index is 4790. The summed E-state index contributed by atoms with van der Waals surface area (Å²) < 4.78 is 5.33. The smallest absolute Gasteiger partial charge is 0.253 e. The van der Waals surface area contributed by atoms with E-state index < -0.39 is 0 Å². The van der Waals surface area contributed by atoms with E-state index >= 15 is 0 Å². The molecule has 0 saturated carbocycles. The third-order valence-corrected chi connectivity index (χ3v) is 16.2. The van der Waals surface area contributed by atoms with Crippen molar-refractivity contribution >= 4 is 131 Å². The van der Waals surface area contributed by atoms with Crippen LogP contribution >= 0.6 is 0 Å². The van der Waals surface area contributed by atoms with Crippen LogP contribution in [0.15, 0.2) is 224 Å². The summed E-state index contributed by atoms with van der Waals surface area (Å²) in [5, 5.41) is 20.7. The molecule has 0 atom stereocenters. The minimum absolute atomic E-state index is 0.0656. The van der Waals surface area contributed by atoms with Crippen molar-refractivity contribution in [3.05, 3.63) is 224 Å². The first-order chi connectivity index (χ1) is 34.3. The summed E-state index contributed by atoms with van der Waals surface area (Å²) >= 11 is 0. The zero-order valence-corrected chi connectivity index (χ0v) is 37.3. The first-order valence-electron chi connectivity index (χ1n) is 24.2. The van der Waals surface area contributed by atoms with E-state index in [9.17, 15) is 0 Å². The second kappa shape index (κ2) is 12.9. The van der Waals surface area contributed by atoms with Crippen LogP contribution in [-0.2, 0) is 0 Å². The van der Waals surface area contributed by atoms with E-state index in [-0.39, 0.29) is 6.71 Å². The molecule has 17 rings (SSSR count). The molecule has 314 valence electrons. The first kappa shape index (κ1) is 36.2. The van der Waals surface area contributed by atoms with Crippen molar-refractivity contribution < 1.29 is 0 Å². The van der Waals surface area contributed by atoms with Gasteiger partial charge in [-0.2, -0.15) is 0 Å². The van der Waals surface area contributed by atoms with Crippen LogP contribution in [0.25, 0.3) is 142 Å². The van der Waals surface area contributed by atoms with E-state index in [1.807, 2.05) is 0 Å². The van der Waals surface area contributed by atoms with Crippen molar-refractivity contribution in [1.29, 1.82) is 0 Å². The Morgan fingerprint density at radius 3 is 1.39 bits per heavy atom. The predicted octanol–water partition coefficient (Wildman–Crippen LogP) is 15.3. The molecule has 0 unspecified atom stereocenters. The summed E-state index contributed by atoms with van der Waals surface area (Å²) in [6.07, 6.45) is 0. The lowest BCUT2D eigenvalue weighted by atomic mass is 9.33. The third-order valence-electron chi connectivity index (χ3n) is 16.2. The number of fused-ring (bicyclic) bond motifs is 24. The van der Waals surface area contributed by atoms with Gasteiger partial charge in [-0.3, -0.25) is 0 Å². The molecular weight excluding hydrogens is 832 g/mol. The molecule has 0 bridgehead atoms. The van der Waals surface area contributed by atoms with Crippen LogP contribution in [0.1, 0.15) is 0 Å². The zero-order valence-electron chi connectivity index (χ0n) is 37.3. The fourth-order valence-electron chi connectivity index (χ4n) is 13.5. The number of benzene rings is 13. The predicted molar refractivity (Wildman–Crippen MR) is 296 cm³/mol. The molecule has 4 heterocycles. The number of aromatic nitrogens is 2. The highest BCUT2D eigenvalue weighted by molar-refractivity contribution is 7.02. The molecule has 3 heteroatoms. The van der Waals surface area contributed by atoms with Gasteiger partial charge < -0.3 is 9.13 Å². The van der Waals surface area contributed by atoms with E-state index in [0.29, 0.717) is 0 Å². The molecule has 2 aliphatic heterocycles. The molecule has 0 aliphatic carbocycles. The minimum atomic E-state index is -0.0656. The second-order valence-electron chi connectivity index (χ2n) is 19.4. The molecular formula is C66H37BN2. The molecule has 2 nitrogen and oxygen atoms in total. The Kier molecular flexibility index (Phi) is 6.80. The maximum Gasteiger partial charge on any atom is 0.253 e. The SMILES string of the molecule is c1ccc(-c2ccc3c(c2)c2cc(-c4ccccc4)cc4c2n3-c2cccc3c2B4c2c4c5ccccc5c5ccccc5c4cc4c5ccc6c7ccccc7c7ccccc7c6c5n-3c24)cc1. The standard InChI is InChI=1S/C66H37BN2/c1-3-16-38(17-4-1)40-30-33-57-52(34-40)54-35-41(39-18-5-2-6-19-39)36-56-64(54)68(57)58-28-15-29-59-62(58)67(56)63-60-48-26-13-11-22-44(48)43-21-8-10-25-47(43)53(60)37-55-51-32-31-50-46-24-9-7-20-42(46)45-23-12-14-27-49(45)61(50)65(51)69(59)66(55)63/h1-37H. The molecule has 0 radical (unpaired) electrons. The van der Waals surface area contributed by atoms with Crippen molar-refractivity contribution in [2.24, 2.45) is 0 Å². The lowest BCUT2D eigenvalue weighted by molar-refractivity contribution is 1.15. The normalized spacial score (nSPS) is 12.9. The van der Waals surface area contributed by atoms with Crippen LogP contribution < -0.4 is 16.4 Å². The van der Waals surface area contributed by atoms with Gasteiger partial charge in [-0.25, -0.2) is 0 Å². The first-order valence-corrected chi connectivity index (χ1v) is 24.2. The van der Waals surface area contributed by atoms with E-state index in [4.69, 9.17) is 0 Å². The lowest BCUT2D eigenvalue weighted by Crippen LogP contribution is -2.59. The van der Waals surface area contributed by atoms with Gasteiger partial charge in [0.25, 0.3) is 6.71 Å². The van der Waals surface area contributed by atoms with Gasteiger partial charge in [0.15, 0.2) is 0 Å². The number of hydrogen-bond donors (Lipinski definition) is 0. The van der Waals surface area contributed by atoms with Crippen LogP contribution in [0, 0.1) is 0 Å². The quantitative estimate of drug-likeness (QED) is 0.121. The number of nitrogens with zero attached hydrogens (tertiary/aromatic N) is 2. The van der Waals surface area contributed by atoms with Crippen molar-refractivity contribution in [3.63, 3.8) is 0 Å². The fourth-order valence-corrected chi connectivity index (χ4v) is 13.5. The second-order valence-corrected chi connectivity index (χ2v) is 19.4. The van der Waals surface area contributed by atoms with Crippen LogP contribution in [0.5, 0.6) is 0 Å². The van der Waals surface area contributed by atoms with Crippen molar-refractivity contribution in [2.75, 3.05) is 0 Å². The van der Waals surface area contributed by atoms with Crippen molar-refractivity contribution in [2.45, 2.75) is 0 Å². The highest BCUT2D eigenvalue weighted by atomic mass is 15.0. The molecule has 0 saturated heterocycles. The van der Waals surface area contributed by atoms with Gasteiger partial charge in [0, 0.05) is 43.8 Å². The van der Waals surface area contributed by atoms with Crippen LogP contribution in [0.4, 0.5) is 0 Å². The van der Waals surface area contributed by atoms with E-state index in [1.54, 1.807) is 0 Å². The molecule has 2 aliphatic rings. The molecule has 69 heavy (non-hydrogen) atoms. The molecule has 15 aromatic rings. The molecule has 2 aromatic heterocycles. The van der Waals surface area contributed by atoms with Gasteiger partial charge in [-0.1, -0.05) is 188 Å². The van der Waals surface area contributed by atoms with E-state index in [0.717, 1.165) is 0 Å². The third kappa shape index (κ3) is 4.49. The summed E-state index contributed by atoms with van der Waals surface area (Å²) in [5.74, 6) is 0. The largest absolute Gasteiger partial charge is 0.310 e. The molecule has 0 amide bonds. The molecule has 13 aromatic carbocycles. The molecule has 0 N–H and O–H groups in total. The Morgan fingerprint density at radius 2 is 0.739 bits per heavy atom. The average molecular weight is 869 g/mol. The van der Waals surface area contributed by atoms with E-state index in [2.05, 4.69) is 234 Å². The Balaban J connectivity index is 1.14. The topological polar surface area (TPSA) is 9.86 Å². The molecule has 0 fully saturated rings. The zero-order chi connectivity index (χ0) is 44.6. The van der Waals surface area contributed by atoms with Gasteiger partial charge >= 0.3 is 0 Å². The fraction of sp³-hybridized carbons (Fsp3) is 0. The van der Waals surface area contributed by atoms with Gasteiger partial charge in [0.2, 0.25) is 0 Å². The van der Waals surface area contributed by atoms with Crippen LogP contribution in [-0.4, -0.2) is 15.8 Å². The summed E-state index contributed by atoms with van der Waals surface area (Å²) in [6, 6.07) is 85.0. The van der Waals surface area contributed by atoms with Gasteiger partial charge in [-0.05, 0) is 134 Å². The summed E-state index contributed by atoms with van der Waals surface area (Å²) in [4.78, 5) is 0. The Labute approximate surface area is 396 Å². The van der Waals surface area contributed by atoms with Crippen LogP contribution in [0.2, 0.25) is 0 Å². The maximum atomic E-state index is 2.71. The highest BCUT2D eigenvalue weighted by Gasteiger charge is 2.43.